The van der Waals surface area contributed by atoms with Crippen LogP contribution in [0, 0.1) is 0 Å². The molecule has 1 aromatic heterocycles. The van der Waals surface area contributed by atoms with E-state index >= 15 is 0 Å². The molecule has 2 aromatic carbocycles. The zero-order chi connectivity index (χ0) is 26.5. The lowest BCUT2D eigenvalue weighted by Crippen LogP contribution is -2.39. The third kappa shape index (κ3) is 5.32. The number of allylic oxidation sites excluding steroid dienone is 1. The molecular weight excluding hydrogens is 492 g/mol. The summed E-state index contributed by atoms with van der Waals surface area (Å²) in [6, 6.07) is 12.2. The molecule has 0 fully saturated rings. The molecule has 0 saturated heterocycles. The summed E-state index contributed by atoms with van der Waals surface area (Å²) < 4.78 is 23.8. The SMILES string of the molecule is CCCOc1ccc(C2C(C(=O)OCC)=C(C)N=c3s/c(=C\c4ccc(OC)c(OC)c4)c(=O)n32)cc1. The number of fused-ring (bicyclic) bond motifs is 1. The largest absolute Gasteiger partial charge is 0.494 e. The van der Waals surface area contributed by atoms with E-state index < -0.39 is 12.0 Å². The number of ether oxygens (including phenoxy) is 4. The maximum atomic E-state index is 13.7. The molecule has 2 heterocycles. The van der Waals surface area contributed by atoms with Crippen molar-refractivity contribution in [1.29, 1.82) is 0 Å². The number of hydrogen-bond donors (Lipinski definition) is 0. The van der Waals surface area contributed by atoms with Crippen LogP contribution in [0.2, 0.25) is 0 Å². The summed E-state index contributed by atoms with van der Waals surface area (Å²) in [6.45, 7) is 6.39. The van der Waals surface area contributed by atoms with Crippen molar-refractivity contribution < 1.29 is 23.7 Å². The highest BCUT2D eigenvalue weighted by molar-refractivity contribution is 7.07. The minimum atomic E-state index is -0.678. The Kier molecular flexibility index (Phi) is 8.13. The maximum absolute atomic E-state index is 13.7. The summed E-state index contributed by atoms with van der Waals surface area (Å²) in [6.07, 6.45) is 2.68. The fraction of sp³-hybridized carbons (Fsp3) is 0.321. The van der Waals surface area contributed by atoms with Gasteiger partial charge in [-0.3, -0.25) is 9.36 Å². The van der Waals surface area contributed by atoms with Gasteiger partial charge in [0, 0.05) is 0 Å². The second-order valence-electron chi connectivity index (χ2n) is 8.33. The highest BCUT2D eigenvalue weighted by Crippen LogP contribution is 2.32. The first-order valence-electron chi connectivity index (χ1n) is 12.1. The Morgan fingerprint density at radius 2 is 1.81 bits per heavy atom. The first kappa shape index (κ1) is 26.2. The molecule has 0 N–H and O–H groups in total. The average Bonchev–Trinajstić information content (AvgIpc) is 3.21. The molecule has 0 amide bonds. The van der Waals surface area contributed by atoms with Crippen LogP contribution in [0.25, 0.3) is 6.08 Å². The van der Waals surface area contributed by atoms with E-state index in [4.69, 9.17) is 18.9 Å². The Morgan fingerprint density at radius 3 is 2.46 bits per heavy atom. The Morgan fingerprint density at radius 1 is 1.08 bits per heavy atom. The van der Waals surface area contributed by atoms with Gasteiger partial charge in [-0.15, -0.1) is 0 Å². The number of benzene rings is 2. The first-order chi connectivity index (χ1) is 17.9. The molecule has 0 spiro atoms. The third-order valence-corrected chi connectivity index (χ3v) is 6.87. The summed E-state index contributed by atoms with van der Waals surface area (Å²) in [5.41, 5.74) is 2.16. The molecule has 4 rings (SSSR count). The fourth-order valence-corrected chi connectivity index (χ4v) is 5.21. The monoisotopic (exact) mass is 522 g/mol. The van der Waals surface area contributed by atoms with Crippen LogP contribution in [-0.4, -0.2) is 38.0 Å². The number of rotatable bonds is 9. The normalized spacial score (nSPS) is 15.2. The molecule has 0 saturated carbocycles. The highest BCUT2D eigenvalue weighted by Gasteiger charge is 2.33. The molecule has 1 unspecified atom stereocenters. The quantitative estimate of drug-likeness (QED) is 0.399. The number of aromatic nitrogens is 1. The molecule has 1 atom stereocenters. The fourth-order valence-electron chi connectivity index (χ4n) is 4.17. The van der Waals surface area contributed by atoms with Crippen LogP contribution >= 0.6 is 11.3 Å². The summed E-state index contributed by atoms with van der Waals surface area (Å²) in [5.74, 6) is 1.40. The van der Waals surface area contributed by atoms with Gasteiger partial charge < -0.3 is 18.9 Å². The number of hydrogen-bond acceptors (Lipinski definition) is 8. The second-order valence-corrected chi connectivity index (χ2v) is 9.34. The molecule has 1 aliphatic heterocycles. The van der Waals surface area contributed by atoms with Gasteiger partial charge in [0.2, 0.25) is 0 Å². The molecule has 0 bridgehead atoms. The van der Waals surface area contributed by atoms with Gasteiger partial charge in [-0.25, -0.2) is 9.79 Å². The van der Waals surface area contributed by atoms with Gasteiger partial charge in [-0.05, 0) is 61.7 Å². The smallest absolute Gasteiger partial charge is 0.338 e. The lowest BCUT2D eigenvalue weighted by atomic mass is 9.96. The van der Waals surface area contributed by atoms with Crippen molar-refractivity contribution in [3.05, 3.63) is 84.5 Å². The van der Waals surface area contributed by atoms with Crippen LogP contribution < -0.4 is 29.1 Å². The summed E-state index contributed by atoms with van der Waals surface area (Å²) in [7, 11) is 3.13. The lowest BCUT2D eigenvalue weighted by molar-refractivity contribution is -0.139. The number of esters is 1. The van der Waals surface area contributed by atoms with Crippen molar-refractivity contribution in [2.45, 2.75) is 33.2 Å². The average molecular weight is 523 g/mol. The topological polar surface area (TPSA) is 88.4 Å². The predicted octanol–water partition coefficient (Wildman–Crippen LogP) is 3.60. The van der Waals surface area contributed by atoms with E-state index in [0.29, 0.717) is 38.7 Å². The van der Waals surface area contributed by atoms with E-state index in [9.17, 15) is 9.59 Å². The third-order valence-electron chi connectivity index (χ3n) is 5.89. The van der Waals surface area contributed by atoms with Crippen LogP contribution in [0.1, 0.15) is 44.4 Å². The van der Waals surface area contributed by atoms with E-state index in [0.717, 1.165) is 23.3 Å². The minimum absolute atomic E-state index is 0.218. The molecule has 9 heteroatoms. The van der Waals surface area contributed by atoms with Gasteiger partial charge in [0.1, 0.15) is 5.75 Å². The van der Waals surface area contributed by atoms with E-state index in [-0.39, 0.29) is 12.2 Å². The second kappa shape index (κ2) is 11.5. The molecule has 194 valence electrons. The van der Waals surface area contributed by atoms with Crippen LogP contribution in [-0.2, 0) is 9.53 Å². The molecule has 3 aromatic rings. The number of carbonyl (C=O) groups is 1. The molecule has 0 radical (unpaired) electrons. The summed E-state index contributed by atoms with van der Waals surface area (Å²) in [5, 5.41) is 0. The Hall–Kier alpha value is -3.85. The van der Waals surface area contributed by atoms with Crippen LogP contribution in [0.3, 0.4) is 0 Å². The zero-order valence-electron chi connectivity index (χ0n) is 21.6. The van der Waals surface area contributed by atoms with Gasteiger partial charge in [0.05, 0.1) is 49.3 Å². The molecule has 0 aliphatic carbocycles. The molecular formula is C28H30N2O6S. The standard InChI is InChI=1S/C28H30N2O6S/c1-6-14-36-20-11-9-19(10-12-20)25-24(27(32)35-7-2)17(3)29-28-30(25)26(31)23(37-28)16-18-8-13-21(33-4)22(15-18)34-5/h8-13,15-16,25H,6-7,14H2,1-5H3/b23-16-. The first-order valence-corrected chi connectivity index (χ1v) is 12.9. The Labute approximate surface area is 219 Å². The Bertz CT molecular complexity index is 1500. The van der Waals surface area contributed by atoms with Gasteiger partial charge in [-0.2, -0.15) is 0 Å². The van der Waals surface area contributed by atoms with Crippen molar-refractivity contribution >= 4 is 23.4 Å². The van der Waals surface area contributed by atoms with E-state index in [1.54, 1.807) is 50.8 Å². The van der Waals surface area contributed by atoms with Crippen LogP contribution in [0.15, 0.2) is 63.5 Å². The van der Waals surface area contributed by atoms with Gasteiger partial charge in [0.25, 0.3) is 5.56 Å². The van der Waals surface area contributed by atoms with Crippen LogP contribution in [0.4, 0.5) is 0 Å². The number of thiazole rings is 1. The Balaban J connectivity index is 1.87. The highest BCUT2D eigenvalue weighted by atomic mass is 32.1. The number of methoxy groups -OCH3 is 2. The van der Waals surface area contributed by atoms with Gasteiger partial charge in [0.15, 0.2) is 16.3 Å². The van der Waals surface area contributed by atoms with Crippen molar-refractivity contribution in [2.24, 2.45) is 4.99 Å². The molecule has 8 nitrogen and oxygen atoms in total. The summed E-state index contributed by atoms with van der Waals surface area (Å²) in [4.78, 5) is 31.9. The minimum Gasteiger partial charge on any atom is -0.494 e. The van der Waals surface area contributed by atoms with Crippen molar-refractivity contribution in [2.75, 3.05) is 27.4 Å². The predicted molar refractivity (Wildman–Crippen MR) is 142 cm³/mol. The summed E-state index contributed by atoms with van der Waals surface area (Å²) >= 11 is 1.27. The van der Waals surface area contributed by atoms with E-state index in [1.807, 2.05) is 37.3 Å². The zero-order valence-corrected chi connectivity index (χ0v) is 22.4. The maximum Gasteiger partial charge on any atom is 0.338 e. The lowest BCUT2D eigenvalue weighted by Gasteiger charge is -2.24. The van der Waals surface area contributed by atoms with E-state index in [1.165, 1.54) is 11.3 Å². The van der Waals surface area contributed by atoms with Crippen LogP contribution in [0.5, 0.6) is 17.2 Å². The van der Waals surface area contributed by atoms with Crippen molar-refractivity contribution in [3.63, 3.8) is 0 Å². The van der Waals surface area contributed by atoms with Gasteiger partial charge >= 0.3 is 5.97 Å². The number of nitrogens with zero attached hydrogens (tertiary/aromatic N) is 2. The molecule has 37 heavy (non-hydrogen) atoms. The van der Waals surface area contributed by atoms with Gasteiger partial charge in [-0.1, -0.05) is 36.5 Å². The van der Waals surface area contributed by atoms with Crippen molar-refractivity contribution in [3.8, 4) is 17.2 Å². The number of carbonyl (C=O) groups excluding carboxylic acids is 1. The molecule has 1 aliphatic rings. The van der Waals surface area contributed by atoms with Crippen molar-refractivity contribution in [1.82, 2.24) is 4.57 Å². The van der Waals surface area contributed by atoms with E-state index in [2.05, 4.69) is 4.99 Å².